The zero-order valence-electron chi connectivity index (χ0n) is 13.9. The first-order valence-corrected chi connectivity index (χ1v) is 8.20. The smallest absolute Gasteiger partial charge is 0.307 e. The molecule has 1 unspecified atom stereocenters. The van der Waals surface area contributed by atoms with E-state index in [0.29, 0.717) is 23.2 Å². The van der Waals surface area contributed by atoms with E-state index in [4.69, 9.17) is 5.11 Å². The van der Waals surface area contributed by atoms with E-state index in [0.717, 1.165) is 30.8 Å². The number of carboxylic acids is 1. The summed E-state index contributed by atoms with van der Waals surface area (Å²) in [6, 6.07) is 3.52. The number of ketones is 1. The molecule has 3 rings (SSSR count). The number of anilines is 2. The second-order valence-corrected chi connectivity index (χ2v) is 6.04. The molecule has 0 bridgehead atoms. The van der Waals surface area contributed by atoms with Gasteiger partial charge in [-0.05, 0) is 18.1 Å². The minimum atomic E-state index is -0.998. The van der Waals surface area contributed by atoms with Crippen molar-refractivity contribution in [3.8, 4) is 0 Å². The number of amides is 1. The molecule has 0 fully saturated rings. The van der Waals surface area contributed by atoms with Crippen molar-refractivity contribution >= 4 is 35.8 Å². The van der Waals surface area contributed by atoms with Crippen LogP contribution in [0.25, 0.3) is 0 Å². The molecule has 1 amide bonds. The lowest BCUT2D eigenvalue weighted by molar-refractivity contribution is -0.136. The number of rotatable bonds is 7. The number of aliphatic imine (C=N–C) groups is 1. The lowest BCUT2D eigenvalue weighted by Crippen LogP contribution is -2.25. The third-order valence-corrected chi connectivity index (χ3v) is 4.47. The zero-order chi connectivity index (χ0) is 18.0. The summed E-state index contributed by atoms with van der Waals surface area (Å²) in [7, 11) is 0. The maximum atomic E-state index is 12.5. The maximum Gasteiger partial charge on any atom is 0.307 e. The fourth-order valence-electron chi connectivity index (χ4n) is 3.42. The molecule has 1 atom stereocenters. The Morgan fingerprint density at radius 1 is 1.44 bits per heavy atom. The fourth-order valence-corrected chi connectivity index (χ4v) is 3.42. The molecule has 7 heteroatoms. The summed E-state index contributed by atoms with van der Waals surface area (Å²) < 4.78 is 0. The largest absolute Gasteiger partial charge is 0.481 e. The van der Waals surface area contributed by atoms with E-state index >= 15 is 0 Å². The molecule has 0 spiro atoms. The number of carbonyl (C=O) groups excluding carboxylic acids is 2. The van der Waals surface area contributed by atoms with Crippen LogP contribution in [-0.4, -0.2) is 36.0 Å². The number of allylic oxidation sites excluding steroid dienone is 1. The SMILES string of the molecule is CCCCN1C2=CN=CC(=O)C2c2c1ccc(CC(=O)O)c2NC=O. The Labute approximate surface area is 145 Å². The van der Waals surface area contributed by atoms with Gasteiger partial charge in [0, 0.05) is 24.0 Å². The summed E-state index contributed by atoms with van der Waals surface area (Å²) in [5, 5.41) is 11.8. The molecule has 2 aliphatic heterocycles. The Bertz CT molecular complexity index is 798. The number of nitrogens with zero attached hydrogens (tertiary/aromatic N) is 2. The first kappa shape index (κ1) is 16.9. The minimum absolute atomic E-state index is 0.167. The molecule has 0 saturated heterocycles. The number of hydrogen-bond acceptors (Lipinski definition) is 5. The maximum absolute atomic E-state index is 12.5. The molecule has 0 aliphatic carbocycles. The van der Waals surface area contributed by atoms with Gasteiger partial charge in [-0.25, -0.2) is 0 Å². The van der Waals surface area contributed by atoms with Crippen molar-refractivity contribution in [2.24, 2.45) is 4.99 Å². The zero-order valence-corrected chi connectivity index (χ0v) is 13.9. The predicted octanol–water partition coefficient (Wildman–Crippen LogP) is 2.08. The van der Waals surface area contributed by atoms with Gasteiger partial charge in [0.25, 0.3) is 0 Å². The van der Waals surface area contributed by atoms with Crippen LogP contribution in [0.2, 0.25) is 0 Å². The highest BCUT2D eigenvalue weighted by Crippen LogP contribution is 2.49. The summed E-state index contributed by atoms with van der Waals surface area (Å²) in [6.07, 6.45) is 5.16. The average molecular weight is 341 g/mol. The molecule has 1 aromatic rings. The summed E-state index contributed by atoms with van der Waals surface area (Å²) in [5.41, 5.74) is 3.14. The third kappa shape index (κ3) is 2.93. The fraction of sp³-hybridized carbons (Fsp3) is 0.333. The molecular formula is C18H19N3O4. The summed E-state index contributed by atoms with van der Waals surface area (Å²) in [6.45, 7) is 2.82. The molecule has 2 N–H and O–H groups in total. The van der Waals surface area contributed by atoms with Crippen LogP contribution in [0.4, 0.5) is 11.4 Å². The van der Waals surface area contributed by atoms with Crippen LogP contribution in [0.5, 0.6) is 0 Å². The van der Waals surface area contributed by atoms with Crippen molar-refractivity contribution in [2.75, 3.05) is 16.8 Å². The van der Waals surface area contributed by atoms with Gasteiger partial charge in [0.1, 0.15) is 0 Å². The van der Waals surface area contributed by atoms with Gasteiger partial charge in [-0.2, -0.15) is 0 Å². The predicted molar refractivity (Wildman–Crippen MR) is 94.0 cm³/mol. The van der Waals surface area contributed by atoms with E-state index in [2.05, 4.69) is 17.2 Å². The van der Waals surface area contributed by atoms with Crippen LogP contribution in [0.1, 0.15) is 36.8 Å². The van der Waals surface area contributed by atoms with Gasteiger partial charge in [-0.15, -0.1) is 0 Å². The molecule has 0 aromatic heterocycles. The monoisotopic (exact) mass is 341 g/mol. The molecule has 1 aromatic carbocycles. The van der Waals surface area contributed by atoms with Gasteiger partial charge in [0.05, 0.1) is 29.9 Å². The van der Waals surface area contributed by atoms with Gasteiger partial charge in [0.15, 0.2) is 5.78 Å². The van der Waals surface area contributed by atoms with E-state index in [9.17, 15) is 14.4 Å². The number of nitrogens with one attached hydrogen (secondary N) is 1. The normalized spacial score (nSPS) is 17.8. The Morgan fingerprint density at radius 3 is 2.92 bits per heavy atom. The second kappa shape index (κ2) is 6.88. The number of hydrogen-bond donors (Lipinski definition) is 2. The Balaban J connectivity index is 2.18. The first-order chi connectivity index (χ1) is 12.1. The highest BCUT2D eigenvalue weighted by Gasteiger charge is 2.41. The molecule has 0 radical (unpaired) electrons. The Morgan fingerprint density at radius 2 is 2.24 bits per heavy atom. The summed E-state index contributed by atoms with van der Waals surface area (Å²) in [4.78, 5) is 40.8. The number of aliphatic carboxylic acids is 1. The number of unbranched alkanes of at least 4 members (excludes halogenated alkanes) is 1. The van der Waals surface area contributed by atoms with E-state index in [1.165, 1.54) is 6.21 Å². The molecule has 2 heterocycles. The van der Waals surface area contributed by atoms with Gasteiger partial charge >= 0.3 is 5.97 Å². The molecule has 0 saturated carbocycles. The van der Waals surface area contributed by atoms with Crippen LogP contribution in [0.15, 0.2) is 29.0 Å². The first-order valence-electron chi connectivity index (χ1n) is 8.20. The highest BCUT2D eigenvalue weighted by atomic mass is 16.4. The minimum Gasteiger partial charge on any atom is -0.481 e. The lowest BCUT2D eigenvalue weighted by Gasteiger charge is -2.23. The van der Waals surface area contributed by atoms with Crippen molar-refractivity contribution in [1.29, 1.82) is 0 Å². The van der Waals surface area contributed by atoms with Crippen LogP contribution in [0.3, 0.4) is 0 Å². The standard InChI is InChI=1S/C18H19N3O4/c1-2-3-6-21-12-5-4-11(7-15(24)25)18(20-10-22)17(12)16-13(21)8-19-9-14(16)23/h4-5,8-10,16H,2-3,6-7H2,1H3,(H,20,22)(H,24,25). The number of carbonyl (C=O) groups is 3. The third-order valence-electron chi connectivity index (χ3n) is 4.47. The van der Waals surface area contributed by atoms with Crippen LogP contribution in [-0.2, 0) is 20.8 Å². The summed E-state index contributed by atoms with van der Waals surface area (Å²) >= 11 is 0. The summed E-state index contributed by atoms with van der Waals surface area (Å²) in [5.74, 6) is -1.72. The highest BCUT2D eigenvalue weighted by molar-refractivity contribution is 6.33. The van der Waals surface area contributed by atoms with Crippen molar-refractivity contribution in [3.05, 3.63) is 35.2 Å². The van der Waals surface area contributed by atoms with E-state index in [-0.39, 0.29) is 12.2 Å². The van der Waals surface area contributed by atoms with Crippen LogP contribution >= 0.6 is 0 Å². The van der Waals surface area contributed by atoms with Crippen molar-refractivity contribution in [3.63, 3.8) is 0 Å². The van der Waals surface area contributed by atoms with Crippen LogP contribution < -0.4 is 10.2 Å². The van der Waals surface area contributed by atoms with E-state index in [1.54, 1.807) is 12.3 Å². The lowest BCUT2D eigenvalue weighted by atomic mass is 9.90. The van der Waals surface area contributed by atoms with E-state index in [1.807, 2.05) is 11.0 Å². The Hall–Kier alpha value is -2.96. The second-order valence-electron chi connectivity index (χ2n) is 6.04. The molecule has 25 heavy (non-hydrogen) atoms. The number of fused-ring (bicyclic) bond motifs is 3. The average Bonchev–Trinajstić information content (AvgIpc) is 2.90. The van der Waals surface area contributed by atoms with Gasteiger partial charge in [-0.3, -0.25) is 19.4 Å². The molecule has 2 aliphatic rings. The van der Waals surface area contributed by atoms with E-state index < -0.39 is 11.9 Å². The number of Topliss-reactive ketones (excluding diaryl/α,β-unsaturated/α-hetero) is 1. The van der Waals surface area contributed by atoms with Crippen molar-refractivity contribution in [2.45, 2.75) is 32.1 Å². The number of carboxylic acid groups (broad SMARTS) is 1. The van der Waals surface area contributed by atoms with Crippen LogP contribution in [0, 0.1) is 0 Å². The topological polar surface area (TPSA) is 99.1 Å². The molecule has 7 nitrogen and oxygen atoms in total. The quantitative estimate of drug-likeness (QED) is 0.740. The van der Waals surface area contributed by atoms with Gasteiger partial charge < -0.3 is 15.3 Å². The molecule has 130 valence electrons. The molecular weight excluding hydrogens is 322 g/mol. The number of benzene rings is 1. The van der Waals surface area contributed by atoms with Gasteiger partial charge in [-0.1, -0.05) is 19.4 Å². The van der Waals surface area contributed by atoms with Crippen molar-refractivity contribution < 1.29 is 19.5 Å². The van der Waals surface area contributed by atoms with Gasteiger partial charge in [0.2, 0.25) is 6.41 Å². The van der Waals surface area contributed by atoms with Crippen molar-refractivity contribution in [1.82, 2.24) is 0 Å². The Kier molecular flexibility index (Phi) is 4.65.